The summed E-state index contributed by atoms with van der Waals surface area (Å²) in [6.45, 7) is 5.74. The van der Waals surface area contributed by atoms with Crippen molar-refractivity contribution in [2.24, 2.45) is 11.3 Å². The minimum Gasteiger partial charge on any atom is -0.324 e. The number of nitrogens with zero attached hydrogens (tertiary/aromatic N) is 3. The van der Waals surface area contributed by atoms with Crippen LogP contribution in [0.2, 0.25) is 0 Å². The zero-order valence-corrected chi connectivity index (χ0v) is 19.7. The molecule has 2 aromatic heterocycles. The molecule has 3 aromatic rings. The van der Waals surface area contributed by atoms with Gasteiger partial charge in [0.05, 0.1) is 4.88 Å². The van der Waals surface area contributed by atoms with Crippen molar-refractivity contribution in [2.45, 2.75) is 46.2 Å². The fourth-order valence-electron chi connectivity index (χ4n) is 4.28. The summed E-state index contributed by atoms with van der Waals surface area (Å²) in [6, 6.07) is 6.23. The maximum Gasteiger partial charge on any atom is 0.433 e. The van der Waals surface area contributed by atoms with E-state index in [0.29, 0.717) is 30.0 Å². The summed E-state index contributed by atoms with van der Waals surface area (Å²) in [5, 5.41) is 3.22. The van der Waals surface area contributed by atoms with E-state index in [1.165, 1.54) is 11.3 Å². The number of aryl methyl sites for hydroxylation is 1. The van der Waals surface area contributed by atoms with Crippen LogP contribution in [-0.2, 0) is 11.0 Å². The van der Waals surface area contributed by atoms with Crippen LogP contribution in [0.1, 0.15) is 54.2 Å². The van der Waals surface area contributed by atoms with Crippen molar-refractivity contribution in [2.75, 3.05) is 5.32 Å². The third-order valence-corrected chi connectivity index (χ3v) is 6.97. The zero-order chi connectivity index (χ0) is 24.7. The van der Waals surface area contributed by atoms with Gasteiger partial charge in [-0.3, -0.25) is 9.59 Å². The Labute approximate surface area is 198 Å². The van der Waals surface area contributed by atoms with E-state index in [1.807, 2.05) is 26.8 Å². The summed E-state index contributed by atoms with van der Waals surface area (Å²) in [4.78, 5) is 37.5. The number of hydrogen-bond donors (Lipinski definition) is 1. The Hall–Kier alpha value is -3.14. The number of thiazole rings is 1. The molecule has 0 aliphatic heterocycles. The van der Waals surface area contributed by atoms with Crippen molar-refractivity contribution in [1.82, 2.24) is 15.0 Å². The molecule has 10 heteroatoms. The third kappa shape index (κ3) is 5.16. The molecule has 1 unspecified atom stereocenters. The number of halogens is 3. The Kier molecular flexibility index (Phi) is 6.28. The molecule has 34 heavy (non-hydrogen) atoms. The van der Waals surface area contributed by atoms with Gasteiger partial charge in [0.25, 0.3) is 0 Å². The molecule has 0 spiro atoms. The molecular weight excluding hydrogens is 465 g/mol. The number of aromatic nitrogens is 3. The summed E-state index contributed by atoms with van der Waals surface area (Å²) in [5.41, 5.74) is 0.700. The quantitative estimate of drug-likeness (QED) is 0.428. The van der Waals surface area contributed by atoms with E-state index in [9.17, 15) is 22.8 Å². The van der Waals surface area contributed by atoms with Crippen LogP contribution < -0.4 is 5.32 Å². The predicted octanol–water partition coefficient (Wildman–Crippen LogP) is 6.25. The van der Waals surface area contributed by atoms with Crippen molar-refractivity contribution >= 4 is 34.5 Å². The van der Waals surface area contributed by atoms with E-state index < -0.39 is 17.3 Å². The standard InChI is InChI=1S/C24H23F3N4O2S/c1-13-8-14(10-15(9-13)30-22-28-7-6-19(31-22)24(25,26)27)18-12-29-21(34-18)20(33)17-5-4-16(32)11-23(17,2)3/h6-10,12,17H,4-5,11H2,1-3H3,(H,28,30,31). The van der Waals surface area contributed by atoms with Gasteiger partial charge in [0.1, 0.15) is 11.5 Å². The van der Waals surface area contributed by atoms with Crippen molar-refractivity contribution in [3.63, 3.8) is 0 Å². The second-order valence-corrected chi connectivity index (χ2v) is 10.2. The molecular formula is C24H23F3N4O2S. The van der Waals surface area contributed by atoms with Crippen LogP contribution in [0.5, 0.6) is 0 Å². The first-order valence-electron chi connectivity index (χ1n) is 10.7. The average Bonchev–Trinajstić information content (AvgIpc) is 3.22. The Morgan fingerprint density at radius 3 is 2.68 bits per heavy atom. The van der Waals surface area contributed by atoms with Gasteiger partial charge in [-0.25, -0.2) is 15.0 Å². The molecule has 0 radical (unpaired) electrons. The summed E-state index contributed by atoms with van der Waals surface area (Å²) in [6.07, 6.45) is -0.582. The lowest BCUT2D eigenvalue weighted by Crippen LogP contribution is -2.37. The Morgan fingerprint density at radius 1 is 1.21 bits per heavy atom. The van der Waals surface area contributed by atoms with Crippen LogP contribution >= 0.6 is 11.3 Å². The number of nitrogens with one attached hydrogen (secondary N) is 1. The number of ketones is 2. The van der Waals surface area contributed by atoms with E-state index in [0.717, 1.165) is 28.3 Å². The summed E-state index contributed by atoms with van der Waals surface area (Å²) in [5.74, 6) is -0.312. The van der Waals surface area contributed by atoms with Crippen LogP contribution in [0, 0.1) is 18.3 Å². The second kappa shape index (κ2) is 8.90. The number of rotatable bonds is 5. The normalized spacial score (nSPS) is 18.1. The van der Waals surface area contributed by atoms with Crippen molar-refractivity contribution in [3.8, 4) is 10.4 Å². The van der Waals surface area contributed by atoms with Gasteiger partial charge in [-0.15, -0.1) is 11.3 Å². The number of benzene rings is 1. The van der Waals surface area contributed by atoms with Gasteiger partial charge < -0.3 is 5.32 Å². The molecule has 1 aromatic carbocycles. The molecule has 1 aliphatic carbocycles. The molecule has 0 bridgehead atoms. The Balaban J connectivity index is 1.57. The first kappa shape index (κ1) is 24.0. The van der Waals surface area contributed by atoms with Gasteiger partial charge in [-0.2, -0.15) is 13.2 Å². The highest BCUT2D eigenvalue weighted by Gasteiger charge is 2.41. The molecule has 1 N–H and O–H groups in total. The Bertz CT molecular complexity index is 1250. The Morgan fingerprint density at radius 2 is 1.97 bits per heavy atom. The van der Waals surface area contributed by atoms with E-state index in [1.54, 1.807) is 18.3 Å². The van der Waals surface area contributed by atoms with E-state index in [-0.39, 0.29) is 23.4 Å². The highest BCUT2D eigenvalue weighted by atomic mass is 32.1. The maximum atomic E-state index is 13.2. The van der Waals surface area contributed by atoms with Crippen LogP contribution in [0.15, 0.2) is 36.7 Å². The molecule has 1 fully saturated rings. The molecule has 0 amide bonds. The SMILES string of the molecule is Cc1cc(Nc2nccc(C(F)(F)F)n2)cc(-c2cnc(C(=O)C3CCC(=O)CC3(C)C)s2)c1. The van der Waals surface area contributed by atoms with Crippen molar-refractivity contribution in [1.29, 1.82) is 0 Å². The molecule has 6 nitrogen and oxygen atoms in total. The van der Waals surface area contributed by atoms with Gasteiger partial charge in [0, 0.05) is 36.8 Å². The lowest BCUT2D eigenvalue weighted by atomic mass is 9.67. The molecule has 4 rings (SSSR count). The molecule has 1 atom stereocenters. The predicted molar refractivity (Wildman–Crippen MR) is 123 cm³/mol. The van der Waals surface area contributed by atoms with Gasteiger partial charge in [0.2, 0.25) is 5.95 Å². The van der Waals surface area contributed by atoms with Crippen molar-refractivity contribution in [3.05, 3.63) is 52.9 Å². The van der Waals surface area contributed by atoms with E-state index in [2.05, 4.69) is 20.3 Å². The average molecular weight is 489 g/mol. The minimum atomic E-state index is -4.57. The number of carbonyl (C=O) groups is 2. The van der Waals surface area contributed by atoms with Crippen LogP contribution in [0.4, 0.5) is 24.8 Å². The number of alkyl halides is 3. The first-order chi connectivity index (χ1) is 15.9. The minimum absolute atomic E-state index is 0.0582. The second-order valence-electron chi connectivity index (χ2n) is 9.17. The molecule has 178 valence electrons. The smallest absolute Gasteiger partial charge is 0.324 e. The molecule has 1 saturated carbocycles. The monoisotopic (exact) mass is 488 g/mol. The van der Waals surface area contributed by atoms with Gasteiger partial charge in [-0.1, -0.05) is 19.9 Å². The van der Waals surface area contributed by atoms with Crippen LogP contribution in [-0.4, -0.2) is 26.5 Å². The summed E-state index contributed by atoms with van der Waals surface area (Å²) >= 11 is 1.27. The van der Waals surface area contributed by atoms with E-state index >= 15 is 0 Å². The van der Waals surface area contributed by atoms with Gasteiger partial charge in [-0.05, 0) is 48.1 Å². The number of anilines is 2. The fourth-order valence-corrected chi connectivity index (χ4v) is 5.17. The van der Waals surface area contributed by atoms with E-state index in [4.69, 9.17) is 0 Å². The molecule has 1 aliphatic rings. The van der Waals surface area contributed by atoms with Gasteiger partial charge in [0.15, 0.2) is 10.8 Å². The maximum absolute atomic E-state index is 13.2. The fraction of sp³-hybridized carbons (Fsp3) is 0.375. The van der Waals surface area contributed by atoms with Gasteiger partial charge >= 0.3 is 6.18 Å². The first-order valence-corrected chi connectivity index (χ1v) is 11.5. The van der Waals surface area contributed by atoms with Crippen LogP contribution in [0.25, 0.3) is 10.4 Å². The third-order valence-electron chi connectivity index (χ3n) is 5.90. The zero-order valence-electron chi connectivity index (χ0n) is 18.9. The summed E-state index contributed by atoms with van der Waals surface area (Å²) in [7, 11) is 0. The number of Topliss-reactive ketones (excluding diaryl/α,β-unsaturated/α-hetero) is 2. The lowest BCUT2D eigenvalue weighted by Gasteiger charge is -2.36. The molecule has 2 heterocycles. The largest absolute Gasteiger partial charge is 0.433 e. The number of carbonyl (C=O) groups excluding carboxylic acids is 2. The lowest BCUT2D eigenvalue weighted by molar-refractivity contribution is -0.141. The highest BCUT2D eigenvalue weighted by Crippen LogP contribution is 2.42. The summed E-state index contributed by atoms with van der Waals surface area (Å²) < 4.78 is 38.9. The van der Waals surface area contributed by atoms with Crippen LogP contribution in [0.3, 0.4) is 0 Å². The topological polar surface area (TPSA) is 84.8 Å². The van der Waals surface area contributed by atoms with Crippen molar-refractivity contribution < 1.29 is 22.8 Å². The number of hydrogen-bond acceptors (Lipinski definition) is 7. The highest BCUT2D eigenvalue weighted by molar-refractivity contribution is 7.17. The molecule has 0 saturated heterocycles.